The van der Waals surface area contributed by atoms with Crippen LogP contribution >= 0.6 is 0 Å². The van der Waals surface area contributed by atoms with Crippen molar-refractivity contribution in [1.82, 2.24) is 5.32 Å². The summed E-state index contributed by atoms with van der Waals surface area (Å²) in [6.07, 6.45) is -13.5. The van der Waals surface area contributed by atoms with Crippen molar-refractivity contribution in [1.29, 1.82) is 0 Å². The average Bonchev–Trinajstić information content (AvgIpc) is 2.85. The fourth-order valence-corrected chi connectivity index (χ4v) is 6.04. The molecule has 1 atom stereocenters. The highest BCUT2D eigenvalue weighted by Gasteiger charge is 2.71. The summed E-state index contributed by atoms with van der Waals surface area (Å²) in [6.45, 7) is 0. The molecular weight excluding hydrogens is 561 g/mol. The van der Waals surface area contributed by atoms with Gasteiger partial charge in [0.1, 0.15) is 11.6 Å². The second kappa shape index (κ2) is 10.8. The van der Waals surface area contributed by atoms with Crippen molar-refractivity contribution in [2.45, 2.75) is 61.0 Å². The Labute approximate surface area is 218 Å². The molecule has 0 spiro atoms. The quantitative estimate of drug-likeness (QED) is 0.455. The molecule has 214 valence electrons. The van der Waals surface area contributed by atoms with Crippen LogP contribution in [0.25, 0.3) is 0 Å². The van der Waals surface area contributed by atoms with Crippen molar-refractivity contribution in [3.05, 3.63) is 59.4 Å². The number of Topliss-reactive ketones (excluding diaryl/α,β-unsaturated/α-hetero) is 1. The maximum absolute atomic E-state index is 13.6. The number of sulfonamides is 1. The number of rotatable bonds is 8. The molecule has 7 nitrogen and oxygen atoms in total. The Kier molecular flexibility index (Phi) is 8.37. The molecule has 0 saturated heterocycles. The van der Waals surface area contributed by atoms with Gasteiger partial charge in [-0.3, -0.25) is 13.9 Å². The zero-order valence-corrected chi connectivity index (χ0v) is 21.1. The van der Waals surface area contributed by atoms with Gasteiger partial charge in [-0.05, 0) is 48.7 Å². The van der Waals surface area contributed by atoms with Crippen molar-refractivity contribution in [3.63, 3.8) is 0 Å². The number of ketones is 1. The van der Waals surface area contributed by atoms with E-state index in [0.717, 1.165) is 24.3 Å². The standard InChI is InChI=1S/C24H23F7N2O5S/c1-32-21(35)11-7-18(34)13-17-6-2-14-12-15(22(36,23(26,27)28)24(29,30)31)3-10-20(14)33(17)39(37,38)19-8-4-16(25)5-9-19/h3-5,8-10,12,17,36H,2,6-7,11,13H2,1H3,(H,32,35)/t17-/m0/s1. The molecule has 2 aromatic carbocycles. The van der Waals surface area contributed by atoms with Crippen LogP contribution in [0.5, 0.6) is 0 Å². The monoisotopic (exact) mass is 584 g/mol. The van der Waals surface area contributed by atoms with Gasteiger partial charge in [0, 0.05) is 31.9 Å². The minimum absolute atomic E-state index is 0.180. The summed E-state index contributed by atoms with van der Waals surface area (Å²) in [5.74, 6) is -1.72. The van der Waals surface area contributed by atoms with Crippen LogP contribution in [0, 0.1) is 5.82 Å². The van der Waals surface area contributed by atoms with Crippen LogP contribution in [0.1, 0.15) is 36.8 Å². The Morgan fingerprint density at radius 1 is 1.00 bits per heavy atom. The number of alkyl halides is 6. The SMILES string of the molecule is CNC(=O)CCC(=O)C[C@@H]1CCc2cc(C(O)(C(F)(F)F)C(F)(F)F)ccc2N1S(=O)(=O)c1ccc(F)cc1. The number of anilines is 1. The Bertz CT molecular complexity index is 1330. The molecule has 0 aromatic heterocycles. The highest BCUT2D eigenvalue weighted by molar-refractivity contribution is 7.92. The van der Waals surface area contributed by atoms with E-state index >= 15 is 0 Å². The number of amides is 1. The van der Waals surface area contributed by atoms with Gasteiger partial charge in [-0.25, -0.2) is 12.8 Å². The number of hydrogen-bond acceptors (Lipinski definition) is 5. The molecule has 0 saturated carbocycles. The van der Waals surface area contributed by atoms with Crippen LogP contribution < -0.4 is 9.62 Å². The molecule has 0 fully saturated rings. The molecule has 0 radical (unpaired) electrons. The molecule has 1 amide bonds. The minimum atomic E-state index is -6.15. The first-order valence-corrected chi connectivity index (χ1v) is 12.9. The number of nitrogens with one attached hydrogen (secondary N) is 1. The van der Waals surface area contributed by atoms with Gasteiger partial charge >= 0.3 is 12.4 Å². The van der Waals surface area contributed by atoms with Crippen LogP contribution in [0.4, 0.5) is 36.4 Å². The number of benzene rings is 2. The molecule has 0 aliphatic carbocycles. The van der Waals surface area contributed by atoms with Crippen molar-refractivity contribution in [2.24, 2.45) is 0 Å². The lowest BCUT2D eigenvalue weighted by atomic mass is 9.87. The molecule has 0 unspecified atom stereocenters. The van der Waals surface area contributed by atoms with E-state index in [1.165, 1.54) is 7.05 Å². The van der Waals surface area contributed by atoms with E-state index in [0.29, 0.717) is 22.5 Å². The molecule has 1 aliphatic heterocycles. The van der Waals surface area contributed by atoms with Crippen molar-refractivity contribution in [3.8, 4) is 0 Å². The lowest BCUT2D eigenvalue weighted by Gasteiger charge is -2.39. The molecule has 15 heteroatoms. The number of carbonyl (C=O) groups excluding carboxylic acids is 2. The summed E-state index contributed by atoms with van der Waals surface area (Å²) in [5.41, 5.74) is -7.33. The molecule has 3 rings (SSSR count). The van der Waals surface area contributed by atoms with E-state index < -0.39 is 68.4 Å². The summed E-state index contributed by atoms with van der Waals surface area (Å²) < 4.78 is 122. The predicted molar refractivity (Wildman–Crippen MR) is 124 cm³/mol. The van der Waals surface area contributed by atoms with E-state index in [-0.39, 0.29) is 36.9 Å². The maximum atomic E-state index is 13.6. The van der Waals surface area contributed by atoms with Crippen LogP contribution in [0.2, 0.25) is 0 Å². The summed E-state index contributed by atoms with van der Waals surface area (Å²) in [5, 5.41) is 12.1. The smallest absolute Gasteiger partial charge is 0.369 e. The third-order valence-electron chi connectivity index (χ3n) is 6.38. The maximum Gasteiger partial charge on any atom is 0.430 e. The lowest BCUT2D eigenvalue weighted by Crippen LogP contribution is -2.54. The first-order chi connectivity index (χ1) is 17.9. The van der Waals surface area contributed by atoms with E-state index in [1.54, 1.807) is 0 Å². The van der Waals surface area contributed by atoms with Gasteiger partial charge in [0.25, 0.3) is 15.6 Å². The molecule has 2 aromatic rings. The molecule has 0 bridgehead atoms. The van der Waals surface area contributed by atoms with E-state index in [4.69, 9.17) is 0 Å². The summed E-state index contributed by atoms with van der Waals surface area (Å²) in [6, 6.07) is 3.88. The normalized spacial score (nSPS) is 16.5. The van der Waals surface area contributed by atoms with Crippen molar-refractivity contribution >= 4 is 27.4 Å². The Balaban J connectivity index is 2.11. The van der Waals surface area contributed by atoms with Crippen LogP contribution in [0.15, 0.2) is 47.4 Å². The van der Waals surface area contributed by atoms with Crippen LogP contribution in [0.3, 0.4) is 0 Å². The summed E-state index contributed by atoms with van der Waals surface area (Å²) in [4.78, 5) is 23.6. The van der Waals surface area contributed by atoms with Gasteiger partial charge in [0.05, 0.1) is 16.6 Å². The molecule has 39 heavy (non-hydrogen) atoms. The number of carbonyl (C=O) groups is 2. The predicted octanol–water partition coefficient (Wildman–Crippen LogP) is 4.13. The second-order valence-electron chi connectivity index (χ2n) is 8.91. The van der Waals surface area contributed by atoms with Gasteiger partial charge in [-0.15, -0.1) is 0 Å². The van der Waals surface area contributed by atoms with E-state index in [1.807, 2.05) is 0 Å². The van der Waals surface area contributed by atoms with Gasteiger partial charge < -0.3 is 10.4 Å². The van der Waals surface area contributed by atoms with Gasteiger partial charge in [-0.2, -0.15) is 26.3 Å². The fraction of sp³-hybridized carbons (Fsp3) is 0.417. The van der Waals surface area contributed by atoms with Gasteiger partial charge in [0.2, 0.25) is 5.91 Å². The first kappa shape index (κ1) is 30.3. The summed E-state index contributed by atoms with van der Waals surface area (Å²) >= 11 is 0. The highest BCUT2D eigenvalue weighted by atomic mass is 32.2. The van der Waals surface area contributed by atoms with Crippen LogP contribution in [-0.4, -0.2) is 50.7 Å². The Morgan fingerprint density at radius 3 is 2.13 bits per heavy atom. The Hall–Kier alpha value is -3.20. The van der Waals surface area contributed by atoms with Crippen molar-refractivity contribution in [2.75, 3.05) is 11.4 Å². The molecule has 1 heterocycles. The number of hydrogen-bond donors (Lipinski definition) is 2. The first-order valence-electron chi connectivity index (χ1n) is 11.4. The fourth-order valence-electron chi connectivity index (χ4n) is 4.32. The number of fused-ring (bicyclic) bond motifs is 1. The number of nitrogens with zero attached hydrogens (tertiary/aromatic N) is 1. The molecule has 2 N–H and O–H groups in total. The highest BCUT2D eigenvalue weighted by Crippen LogP contribution is 2.51. The third-order valence-corrected chi connectivity index (χ3v) is 8.26. The second-order valence-corrected chi connectivity index (χ2v) is 10.7. The largest absolute Gasteiger partial charge is 0.430 e. The minimum Gasteiger partial charge on any atom is -0.369 e. The zero-order chi connectivity index (χ0) is 29.4. The van der Waals surface area contributed by atoms with Gasteiger partial charge in [-0.1, -0.05) is 12.1 Å². The molecule has 1 aliphatic rings. The van der Waals surface area contributed by atoms with Gasteiger partial charge in [0.15, 0.2) is 0 Å². The number of halogens is 7. The van der Waals surface area contributed by atoms with E-state index in [9.17, 15) is 53.8 Å². The lowest BCUT2D eigenvalue weighted by molar-refractivity contribution is -0.376. The topological polar surface area (TPSA) is 104 Å². The van der Waals surface area contributed by atoms with Crippen LogP contribution in [-0.2, 0) is 31.6 Å². The molecular formula is C24H23F7N2O5S. The van der Waals surface area contributed by atoms with Crippen molar-refractivity contribution < 1.29 is 53.8 Å². The number of aliphatic hydroxyl groups is 1. The third kappa shape index (κ3) is 5.88. The number of aryl methyl sites for hydroxylation is 1. The zero-order valence-electron chi connectivity index (χ0n) is 20.2. The Morgan fingerprint density at radius 2 is 1.59 bits per heavy atom. The summed E-state index contributed by atoms with van der Waals surface area (Å²) in [7, 11) is -3.24. The average molecular weight is 585 g/mol. The van der Waals surface area contributed by atoms with E-state index in [2.05, 4.69) is 5.32 Å².